The Morgan fingerprint density at radius 1 is 1.19 bits per heavy atom. The molecule has 1 aliphatic carbocycles. The van der Waals surface area contributed by atoms with E-state index in [4.69, 9.17) is 5.73 Å². The monoisotopic (exact) mass is 226 g/mol. The summed E-state index contributed by atoms with van der Waals surface area (Å²) in [5, 5.41) is 9.98. The standard InChI is InChI=1S/C13H26N2O/c1-12(16)7-8-15(10-12)11-13(9-14)5-3-2-4-6-13/h16H,2-11,14H2,1H3. The van der Waals surface area contributed by atoms with E-state index in [1.54, 1.807) is 0 Å². The maximum atomic E-state index is 9.98. The molecule has 3 heteroatoms. The Kier molecular flexibility index (Phi) is 3.57. The van der Waals surface area contributed by atoms with Gasteiger partial charge in [-0.15, -0.1) is 0 Å². The molecule has 3 nitrogen and oxygen atoms in total. The Morgan fingerprint density at radius 3 is 2.38 bits per heavy atom. The molecule has 1 heterocycles. The lowest BCUT2D eigenvalue weighted by Crippen LogP contribution is -2.44. The molecule has 0 bridgehead atoms. The highest BCUT2D eigenvalue weighted by atomic mass is 16.3. The highest BCUT2D eigenvalue weighted by molar-refractivity contribution is 4.92. The molecule has 1 saturated carbocycles. The highest BCUT2D eigenvalue weighted by Gasteiger charge is 2.37. The first-order chi connectivity index (χ1) is 7.55. The fourth-order valence-electron chi connectivity index (χ4n) is 3.38. The zero-order valence-electron chi connectivity index (χ0n) is 10.5. The molecule has 16 heavy (non-hydrogen) atoms. The van der Waals surface area contributed by atoms with E-state index in [1.807, 2.05) is 6.92 Å². The predicted octanol–water partition coefficient (Wildman–Crippen LogP) is 1.35. The number of rotatable bonds is 3. The summed E-state index contributed by atoms with van der Waals surface area (Å²) in [7, 11) is 0. The summed E-state index contributed by atoms with van der Waals surface area (Å²) in [4.78, 5) is 2.41. The van der Waals surface area contributed by atoms with Crippen LogP contribution in [0.25, 0.3) is 0 Å². The van der Waals surface area contributed by atoms with Gasteiger partial charge in [-0.05, 0) is 38.1 Å². The van der Waals surface area contributed by atoms with Crippen molar-refractivity contribution in [3.63, 3.8) is 0 Å². The molecule has 0 spiro atoms. The van der Waals surface area contributed by atoms with Crippen LogP contribution < -0.4 is 5.73 Å². The molecule has 0 aromatic rings. The van der Waals surface area contributed by atoms with Crippen molar-refractivity contribution in [3.05, 3.63) is 0 Å². The van der Waals surface area contributed by atoms with E-state index < -0.39 is 5.60 Å². The van der Waals surface area contributed by atoms with Gasteiger partial charge in [0.25, 0.3) is 0 Å². The van der Waals surface area contributed by atoms with Crippen LogP contribution in [-0.2, 0) is 0 Å². The molecule has 0 aromatic heterocycles. The van der Waals surface area contributed by atoms with Gasteiger partial charge >= 0.3 is 0 Å². The molecule has 0 amide bonds. The van der Waals surface area contributed by atoms with Gasteiger partial charge in [-0.2, -0.15) is 0 Å². The Morgan fingerprint density at radius 2 is 1.88 bits per heavy atom. The molecule has 3 N–H and O–H groups in total. The summed E-state index contributed by atoms with van der Waals surface area (Å²) in [6.45, 7) is 5.72. The van der Waals surface area contributed by atoms with Crippen LogP contribution in [0.15, 0.2) is 0 Å². The van der Waals surface area contributed by atoms with E-state index in [0.29, 0.717) is 5.41 Å². The minimum absolute atomic E-state index is 0.346. The summed E-state index contributed by atoms with van der Waals surface area (Å²) in [6, 6.07) is 0. The van der Waals surface area contributed by atoms with Gasteiger partial charge < -0.3 is 10.8 Å². The first kappa shape index (κ1) is 12.3. The first-order valence-corrected chi connectivity index (χ1v) is 6.70. The highest BCUT2D eigenvalue weighted by Crippen LogP contribution is 2.37. The molecule has 0 radical (unpaired) electrons. The van der Waals surface area contributed by atoms with Gasteiger partial charge in [0.1, 0.15) is 0 Å². The average molecular weight is 226 g/mol. The topological polar surface area (TPSA) is 49.5 Å². The minimum atomic E-state index is -0.468. The van der Waals surface area contributed by atoms with Gasteiger partial charge in [-0.1, -0.05) is 19.3 Å². The first-order valence-electron chi connectivity index (χ1n) is 6.70. The van der Waals surface area contributed by atoms with E-state index in [0.717, 1.165) is 32.6 Å². The lowest BCUT2D eigenvalue weighted by Gasteiger charge is -2.39. The molecular formula is C13H26N2O. The Balaban J connectivity index is 1.91. The van der Waals surface area contributed by atoms with Crippen molar-refractivity contribution in [2.45, 2.75) is 51.0 Å². The van der Waals surface area contributed by atoms with Crippen LogP contribution in [0, 0.1) is 5.41 Å². The number of likely N-dealkylation sites (tertiary alicyclic amines) is 1. The summed E-state index contributed by atoms with van der Waals surface area (Å²) in [5.74, 6) is 0. The molecule has 2 aliphatic rings. The number of nitrogens with two attached hydrogens (primary N) is 1. The summed E-state index contributed by atoms with van der Waals surface area (Å²) in [6.07, 6.45) is 7.51. The van der Waals surface area contributed by atoms with Crippen molar-refractivity contribution >= 4 is 0 Å². The number of hydrogen-bond acceptors (Lipinski definition) is 3. The Bertz CT molecular complexity index is 234. The second-order valence-corrected chi connectivity index (χ2v) is 6.22. The molecule has 1 atom stereocenters. The van der Waals surface area contributed by atoms with Crippen molar-refractivity contribution in [3.8, 4) is 0 Å². The Labute approximate surface area is 99.0 Å². The third-order valence-electron chi connectivity index (χ3n) is 4.44. The normalized spacial score (nSPS) is 35.4. The van der Waals surface area contributed by atoms with Crippen LogP contribution in [0.1, 0.15) is 45.4 Å². The van der Waals surface area contributed by atoms with E-state index >= 15 is 0 Å². The second-order valence-electron chi connectivity index (χ2n) is 6.22. The fraction of sp³-hybridized carbons (Fsp3) is 1.00. The van der Waals surface area contributed by atoms with Crippen LogP contribution in [-0.4, -0.2) is 41.8 Å². The largest absolute Gasteiger partial charge is 0.389 e. The van der Waals surface area contributed by atoms with Crippen LogP contribution in [0.2, 0.25) is 0 Å². The van der Waals surface area contributed by atoms with Gasteiger partial charge in [0.05, 0.1) is 5.60 Å². The SMILES string of the molecule is CC1(O)CCN(CC2(CN)CCCCC2)C1. The maximum Gasteiger partial charge on any atom is 0.0758 e. The van der Waals surface area contributed by atoms with Crippen LogP contribution in [0.3, 0.4) is 0 Å². The van der Waals surface area contributed by atoms with Crippen molar-refractivity contribution in [1.82, 2.24) is 4.90 Å². The minimum Gasteiger partial charge on any atom is -0.389 e. The van der Waals surface area contributed by atoms with Crippen molar-refractivity contribution in [1.29, 1.82) is 0 Å². The van der Waals surface area contributed by atoms with Crippen LogP contribution in [0.5, 0.6) is 0 Å². The number of nitrogens with zero attached hydrogens (tertiary/aromatic N) is 1. The number of aliphatic hydroxyl groups is 1. The molecule has 2 rings (SSSR count). The third kappa shape index (κ3) is 2.76. The number of β-amino-alcohol motifs (C(OH)–C–C–N with tert-alkyl or cyclic N) is 1. The summed E-state index contributed by atoms with van der Waals surface area (Å²) < 4.78 is 0. The zero-order chi connectivity index (χ0) is 11.6. The third-order valence-corrected chi connectivity index (χ3v) is 4.44. The maximum absolute atomic E-state index is 9.98. The van der Waals surface area contributed by atoms with Gasteiger partial charge in [0, 0.05) is 19.6 Å². The lowest BCUT2D eigenvalue weighted by molar-refractivity contribution is 0.0558. The van der Waals surface area contributed by atoms with Gasteiger partial charge in [0.2, 0.25) is 0 Å². The quantitative estimate of drug-likeness (QED) is 0.764. The molecule has 1 unspecified atom stereocenters. The molecule has 0 aromatic carbocycles. The fourth-order valence-corrected chi connectivity index (χ4v) is 3.38. The average Bonchev–Trinajstić information content (AvgIpc) is 2.59. The molecule has 1 saturated heterocycles. The summed E-state index contributed by atoms with van der Waals surface area (Å²) in [5.41, 5.74) is 5.87. The number of hydrogen-bond donors (Lipinski definition) is 2. The smallest absolute Gasteiger partial charge is 0.0758 e. The van der Waals surface area contributed by atoms with E-state index in [-0.39, 0.29) is 0 Å². The van der Waals surface area contributed by atoms with E-state index in [2.05, 4.69) is 4.90 Å². The van der Waals surface area contributed by atoms with Gasteiger partial charge in [-0.3, -0.25) is 4.90 Å². The molecule has 2 fully saturated rings. The second kappa shape index (κ2) is 4.63. The van der Waals surface area contributed by atoms with Gasteiger partial charge in [0.15, 0.2) is 0 Å². The summed E-state index contributed by atoms with van der Waals surface area (Å²) >= 11 is 0. The van der Waals surface area contributed by atoms with E-state index in [1.165, 1.54) is 32.1 Å². The van der Waals surface area contributed by atoms with E-state index in [9.17, 15) is 5.11 Å². The van der Waals surface area contributed by atoms with Crippen LogP contribution in [0.4, 0.5) is 0 Å². The zero-order valence-corrected chi connectivity index (χ0v) is 10.5. The van der Waals surface area contributed by atoms with Crippen molar-refractivity contribution in [2.24, 2.45) is 11.1 Å². The van der Waals surface area contributed by atoms with Crippen LogP contribution >= 0.6 is 0 Å². The lowest BCUT2D eigenvalue weighted by atomic mass is 9.74. The predicted molar refractivity (Wildman–Crippen MR) is 66.3 cm³/mol. The Hall–Kier alpha value is -0.120. The molecule has 94 valence electrons. The van der Waals surface area contributed by atoms with Crippen molar-refractivity contribution in [2.75, 3.05) is 26.2 Å². The molecular weight excluding hydrogens is 200 g/mol. The molecule has 1 aliphatic heterocycles. The van der Waals surface area contributed by atoms with Gasteiger partial charge in [-0.25, -0.2) is 0 Å². The van der Waals surface area contributed by atoms with Crippen molar-refractivity contribution < 1.29 is 5.11 Å².